The average molecular weight is 453 g/mol. The van der Waals surface area contributed by atoms with Crippen molar-refractivity contribution in [3.63, 3.8) is 0 Å². The molecule has 5 rings (SSSR count). The van der Waals surface area contributed by atoms with E-state index in [4.69, 9.17) is 0 Å². The molecule has 4 amide bonds. The lowest BCUT2D eigenvalue weighted by Gasteiger charge is -2.26. The Morgan fingerprint density at radius 2 is 1.71 bits per heavy atom. The molecule has 4 aromatic rings. The summed E-state index contributed by atoms with van der Waals surface area (Å²) >= 11 is 0. The van der Waals surface area contributed by atoms with Gasteiger partial charge in [0.25, 0.3) is 11.8 Å². The number of fused-ring (bicyclic) bond motifs is 1. The zero-order valence-electron chi connectivity index (χ0n) is 18.3. The molecule has 1 aliphatic rings. The summed E-state index contributed by atoms with van der Waals surface area (Å²) in [6, 6.07) is 20.0. The number of carbonyl (C=O) groups excluding carboxylic acids is 3. The molecule has 0 atom stereocenters. The molecule has 2 heterocycles. The molecule has 1 aromatic heterocycles. The van der Waals surface area contributed by atoms with Gasteiger partial charge in [0, 0.05) is 29.2 Å². The van der Waals surface area contributed by atoms with Gasteiger partial charge in [-0.1, -0.05) is 48.0 Å². The number of carbonyl (C=O) groups is 3. The predicted molar refractivity (Wildman–Crippen MR) is 128 cm³/mol. The lowest BCUT2D eigenvalue weighted by Crippen LogP contribution is -2.54. The number of para-hydroxylation sites is 1. The van der Waals surface area contributed by atoms with Crippen molar-refractivity contribution in [2.75, 3.05) is 4.90 Å². The van der Waals surface area contributed by atoms with Gasteiger partial charge in [-0.25, -0.2) is 14.1 Å². The number of hydrogen-bond donors (Lipinski definition) is 1. The number of benzene rings is 3. The minimum atomic E-state index is -0.874. The van der Waals surface area contributed by atoms with Gasteiger partial charge in [-0.05, 0) is 48.9 Å². The second-order valence-electron chi connectivity index (χ2n) is 8.15. The molecular formula is C27H20FN3O3. The molecule has 7 heteroatoms. The summed E-state index contributed by atoms with van der Waals surface area (Å²) < 4.78 is 15.4. The van der Waals surface area contributed by atoms with Crippen molar-refractivity contribution in [1.82, 2.24) is 9.88 Å². The van der Waals surface area contributed by atoms with Gasteiger partial charge in [-0.15, -0.1) is 0 Å². The number of imide groups is 2. The van der Waals surface area contributed by atoms with Crippen LogP contribution in [0.25, 0.3) is 17.0 Å². The average Bonchev–Trinajstić information content (AvgIpc) is 3.15. The molecular weight excluding hydrogens is 433 g/mol. The van der Waals surface area contributed by atoms with E-state index in [0.29, 0.717) is 12.1 Å². The molecule has 0 bridgehead atoms. The summed E-state index contributed by atoms with van der Waals surface area (Å²) in [6.07, 6.45) is 3.38. The molecule has 0 spiro atoms. The zero-order chi connectivity index (χ0) is 23.8. The fourth-order valence-corrected chi connectivity index (χ4v) is 4.17. The lowest BCUT2D eigenvalue weighted by molar-refractivity contribution is -0.122. The molecule has 3 aromatic carbocycles. The van der Waals surface area contributed by atoms with Gasteiger partial charge in [0.2, 0.25) is 0 Å². The highest BCUT2D eigenvalue weighted by molar-refractivity contribution is 6.39. The number of rotatable bonds is 4. The van der Waals surface area contributed by atoms with Gasteiger partial charge < -0.3 is 4.57 Å². The molecule has 168 valence electrons. The van der Waals surface area contributed by atoms with Crippen molar-refractivity contribution in [3.05, 3.63) is 107 Å². The maximum atomic E-state index is 13.3. The van der Waals surface area contributed by atoms with E-state index in [1.807, 2.05) is 55.6 Å². The van der Waals surface area contributed by atoms with E-state index in [-0.39, 0.29) is 11.3 Å². The Hall–Kier alpha value is -4.52. The fraction of sp³-hybridized carbons (Fsp3) is 0.0741. The van der Waals surface area contributed by atoms with E-state index in [9.17, 15) is 18.8 Å². The summed E-state index contributed by atoms with van der Waals surface area (Å²) in [6.45, 7) is 2.65. The highest BCUT2D eigenvalue weighted by Crippen LogP contribution is 2.27. The number of hydrogen-bond acceptors (Lipinski definition) is 3. The van der Waals surface area contributed by atoms with Gasteiger partial charge in [0.05, 0.1) is 5.69 Å². The summed E-state index contributed by atoms with van der Waals surface area (Å²) in [5, 5.41) is 3.07. The van der Waals surface area contributed by atoms with Crippen LogP contribution in [0.3, 0.4) is 0 Å². The summed E-state index contributed by atoms with van der Waals surface area (Å²) in [7, 11) is 0. The number of nitrogens with one attached hydrogen (secondary N) is 1. The highest BCUT2D eigenvalue weighted by atomic mass is 19.1. The van der Waals surface area contributed by atoms with Gasteiger partial charge in [0.1, 0.15) is 11.4 Å². The third kappa shape index (κ3) is 3.88. The third-order valence-corrected chi connectivity index (χ3v) is 5.74. The first kappa shape index (κ1) is 21.3. The van der Waals surface area contributed by atoms with Crippen molar-refractivity contribution in [2.45, 2.75) is 13.5 Å². The Kier molecular flexibility index (Phi) is 5.30. The zero-order valence-corrected chi connectivity index (χ0v) is 18.3. The third-order valence-electron chi connectivity index (χ3n) is 5.74. The topological polar surface area (TPSA) is 71.4 Å². The summed E-state index contributed by atoms with van der Waals surface area (Å²) in [5.41, 5.74) is 3.90. The second kappa shape index (κ2) is 8.44. The molecule has 1 N–H and O–H groups in total. The summed E-state index contributed by atoms with van der Waals surface area (Å²) in [4.78, 5) is 39.0. The van der Waals surface area contributed by atoms with Crippen LogP contribution in [0.4, 0.5) is 14.9 Å². The maximum Gasteiger partial charge on any atom is 0.335 e. The minimum Gasteiger partial charge on any atom is -0.342 e. The molecule has 0 unspecified atom stereocenters. The van der Waals surface area contributed by atoms with Crippen molar-refractivity contribution >= 4 is 40.5 Å². The van der Waals surface area contributed by atoms with Gasteiger partial charge >= 0.3 is 6.03 Å². The Morgan fingerprint density at radius 3 is 2.47 bits per heavy atom. The maximum absolute atomic E-state index is 13.3. The number of aryl methyl sites for hydroxylation is 1. The quantitative estimate of drug-likeness (QED) is 0.356. The van der Waals surface area contributed by atoms with Crippen LogP contribution < -0.4 is 10.2 Å². The number of barbiturate groups is 1. The first-order chi connectivity index (χ1) is 16.4. The van der Waals surface area contributed by atoms with Crippen LogP contribution in [-0.2, 0) is 16.1 Å². The molecule has 1 fully saturated rings. The molecule has 1 saturated heterocycles. The Bertz CT molecular complexity index is 1480. The number of halogens is 1. The minimum absolute atomic E-state index is 0.171. The predicted octanol–water partition coefficient (Wildman–Crippen LogP) is 4.80. The van der Waals surface area contributed by atoms with E-state index >= 15 is 0 Å². The Balaban J connectivity index is 1.56. The van der Waals surface area contributed by atoms with E-state index in [2.05, 4.69) is 16.0 Å². The van der Waals surface area contributed by atoms with Crippen molar-refractivity contribution in [2.24, 2.45) is 0 Å². The van der Waals surface area contributed by atoms with Crippen molar-refractivity contribution in [3.8, 4) is 0 Å². The fourth-order valence-electron chi connectivity index (χ4n) is 4.17. The molecule has 6 nitrogen and oxygen atoms in total. The van der Waals surface area contributed by atoms with E-state index < -0.39 is 23.7 Å². The summed E-state index contributed by atoms with van der Waals surface area (Å²) in [5.74, 6) is -2.04. The monoisotopic (exact) mass is 453 g/mol. The SMILES string of the molecule is Cc1cccc(Cn2cc(/C=C3\C(=O)NC(=O)N(c4ccc(F)cc4)C3=O)c3ccccc32)c1. The number of aromatic nitrogens is 1. The molecule has 0 radical (unpaired) electrons. The van der Waals surface area contributed by atoms with Crippen LogP contribution in [0.1, 0.15) is 16.7 Å². The highest BCUT2D eigenvalue weighted by Gasteiger charge is 2.37. The first-order valence-corrected chi connectivity index (χ1v) is 10.7. The van der Waals surface area contributed by atoms with Crippen LogP contribution in [0, 0.1) is 12.7 Å². The molecule has 34 heavy (non-hydrogen) atoms. The standard InChI is InChI=1S/C27H20FN3O3/c1-17-5-4-6-18(13-17)15-30-16-19(22-7-2-3-8-24(22)30)14-23-25(32)29-27(34)31(26(23)33)21-11-9-20(28)10-12-21/h2-14,16H,15H2,1H3,(H,29,32,34)/b23-14+. The normalized spacial score (nSPS) is 15.3. The van der Waals surface area contributed by atoms with Crippen LogP contribution >= 0.6 is 0 Å². The van der Waals surface area contributed by atoms with Crippen LogP contribution in [0.2, 0.25) is 0 Å². The molecule has 0 aliphatic carbocycles. The smallest absolute Gasteiger partial charge is 0.335 e. The van der Waals surface area contributed by atoms with Crippen LogP contribution in [0.5, 0.6) is 0 Å². The van der Waals surface area contributed by atoms with Gasteiger partial charge in [-0.2, -0.15) is 0 Å². The largest absolute Gasteiger partial charge is 0.342 e. The molecule has 1 aliphatic heterocycles. The van der Waals surface area contributed by atoms with Crippen LogP contribution in [-0.4, -0.2) is 22.4 Å². The van der Waals surface area contributed by atoms with E-state index in [1.54, 1.807) is 0 Å². The second-order valence-corrected chi connectivity index (χ2v) is 8.15. The lowest BCUT2D eigenvalue weighted by atomic mass is 10.1. The van der Waals surface area contributed by atoms with Crippen LogP contribution in [0.15, 0.2) is 84.6 Å². The Morgan fingerprint density at radius 1 is 0.941 bits per heavy atom. The van der Waals surface area contributed by atoms with Gasteiger partial charge in [0.15, 0.2) is 0 Å². The Labute approximate surface area is 194 Å². The number of nitrogens with zero attached hydrogens (tertiary/aromatic N) is 2. The van der Waals surface area contributed by atoms with Gasteiger partial charge in [-0.3, -0.25) is 14.9 Å². The molecule has 0 saturated carbocycles. The van der Waals surface area contributed by atoms with E-state index in [1.165, 1.54) is 18.2 Å². The van der Waals surface area contributed by atoms with Crippen molar-refractivity contribution in [1.29, 1.82) is 0 Å². The number of anilines is 1. The number of urea groups is 1. The first-order valence-electron chi connectivity index (χ1n) is 10.7. The van der Waals surface area contributed by atoms with E-state index in [0.717, 1.165) is 39.1 Å². The number of amides is 4. The van der Waals surface area contributed by atoms with Crippen molar-refractivity contribution < 1.29 is 18.8 Å².